The first-order valence-corrected chi connectivity index (χ1v) is 8.06. The molecule has 18 heavy (non-hydrogen) atoms. The lowest BCUT2D eigenvalue weighted by Gasteiger charge is -2.34. The fourth-order valence-corrected chi connectivity index (χ4v) is 3.74. The molecule has 0 aliphatic heterocycles. The van der Waals surface area contributed by atoms with Crippen molar-refractivity contribution in [3.63, 3.8) is 0 Å². The molecule has 1 heterocycles. The van der Waals surface area contributed by atoms with Gasteiger partial charge in [0.25, 0.3) is 0 Å². The van der Waals surface area contributed by atoms with Crippen molar-refractivity contribution in [1.29, 1.82) is 0 Å². The van der Waals surface area contributed by atoms with Gasteiger partial charge in [-0.2, -0.15) is 0 Å². The van der Waals surface area contributed by atoms with E-state index >= 15 is 0 Å². The van der Waals surface area contributed by atoms with Crippen LogP contribution in [0.15, 0.2) is 12.1 Å². The van der Waals surface area contributed by atoms with E-state index in [-0.39, 0.29) is 6.04 Å². The van der Waals surface area contributed by atoms with Crippen LogP contribution in [0, 0.1) is 6.92 Å². The Hall–Kier alpha value is -0.380. The van der Waals surface area contributed by atoms with Gasteiger partial charge < -0.3 is 5.73 Å². The number of aryl methyl sites for hydroxylation is 1. The molecule has 1 aromatic heterocycles. The molecule has 2 rings (SSSR count). The third kappa shape index (κ3) is 3.14. The van der Waals surface area contributed by atoms with Gasteiger partial charge in [0.1, 0.15) is 0 Å². The van der Waals surface area contributed by atoms with E-state index in [1.54, 1.807) is 0 Å². The Morgan fingerprint density at radius 2 is 2.11 bits per heavy atom. The molecule has 0 bridgehead atoms. The van der Waals surface area contributed by atoms with Crippen LogP contribution in [0.4, 0.5) is 0 Å². The zero-order valence-corrected chi connectivity index (χ0v) is 12.7. The molecule has 3 heteroatoms. The Kier molecular flexibility index (Phi) is 4.82. The van der Waals surface area contributed by atoms with Crippen molar-refractivity contribution >= 4 is 11.3 Å². The zero-order valence-electron chi connectivity index (χ0n) is 11.9. The normalized spacial score (nSPS) is 19.2. The summed E-state index contributed by atoms with van der Waals surface area (Å²) < 4.78 is 0. The molecular weight excluding hydrogens is 240 g/mol. The summed E-state index contributed by atoms with van der Waals surface area (Å²) in [6.45, 7) is 7.84. The molecule has 1 aliphatic rings. The Balaban J connectivity index is 2.22. The number of hydrogen-bond acceptors (Lipinski definition) is 3. The predicted molar refractivity (Wildman–Crippen MR) is 80.1 cm³/mol. The second-order valence-corrected chi connectivity index (χ2v) is 6.75. The van der Waals surface area contributed by atoms with E-state index in [4.69, 9.17) is 5.73 Å². The monoisotopic (exact) mass is 266 g/mol. The summed E-state index contributed by atoms with van der Waals surface area (Å²) in [4.78, 5) is 5.52. The zero-order chi connectivity index (χ0) is 13.1. The molecule has 1 aromatic rings. The third-order valence-electron chi connectivity index (χ3n) is 3.78. The van der Waals surface area contributed by atoms with Gasteiger partial charge in [0.05, 0.1) is 6.04 Å². The van der Waals surface area contributed by atoms with Crippen LogP contribution in [0.5, 0.6) is 0 Å². The van der Waals surface area contributed by atoms with Crippen LogP contribution in [0.3, 0.4) is 0 Å². The van der Waals surface area contributed by atoms with Crippen LogP contribution in [-0.4, -0.2) is 23.5 Å². The van der Waals surface area contributed by atoms with Gasteiger partial charge in [-0.1, -0.05) is 13.8 Å². The summed E-state index contributed by atoms with van der Waals surface area (Å²) in [5.41, 5.74) is 6.42. The summed E-state index contributed by atoms with van der Waals surface area (Å²) in [7, 11) is 0. The van der Waals surface area contributed by atoms with E-state index in [1.165, 1.54) is 35.6 Å². The minimum Gasteiger partial charge on any atom is -0.326 e. The second kappa shape index (κ2) is 6.18. The maximum Gasteiger partial charge on any atom is 0.0595 e. The van der Waals surface area contributed by atoms with Crippen molar-refractivity contribution in [1.82, 2.24) is 4.90 Å². The summed E-state index contributed by atoms with van der Waals surface area (Å²) in [6, 6.07) is 5.99. The smallest absolute Gasteiger partial charge is 0.0595 e. The van der Waals surface area contributed by atoms with E-state index < -0.39 is 0 Å². The Labute approximate surface area is 115 Å². The van der Waals surface area contributed by atoms with Crippen LogP contribution in [0.2, 0.25) is 0 Å². The molecule has 2 atom stereocenters. The first-order chi connectivity index (χ1) is 8.67. The molecule has 2 nitrogen and oxygen atoms in total. The highest BCUT2D eigenvalue weighted by Gasteiger charge is 2.36. The van der Waals surface area contributed by atoms with Crippen molar-refractivity contribution in [2.45, 2.75) is 64.6 Å². The first kappa shape index (κ1) is 14.0. The summed E-state index contributed by atoms with van der Waals surface area (Å²) >= 11 is 1.92. The van der Waals surface area contributed by atoms with Crippen molar-refractivity contribution in [2.24, 2.45) is 5.73 Å². The highest BCUT2D eigenvalue weighted by molar-refractivity contribution is 7.12. The number of nitrogens with two attached hydrogens (primary N) is 1. The van der Waals surface area contributed by atoms with E-state index in [9.17, 15) is 0 Å². The molecule has 2 unspecified atom stereocenters. The van der Waals surface area contributed by atoms with Crippen LogP contribution in [-0.2, 0) is 0 Å². The van der Waals surface area contributed by atoms with Gasteiger partial charge in [-0.15, -0.1) is 11.3 Å². The second-order valence-electron chi connectivity index (χ2n) is 5.43. The number of nitrogens with zero attached hydrogens (tertiary/aromatic N) is 1. The van der Waals surface area contributed by atoms with Gasteiger partial charge in [-0.25, -0.2) is 0 Å². The Bertz CT molecular complexity index is 370. The molecular formula is C15H26N2S. The maximum atomic E-state index is 6.42. The van der Waals surface area contributed by atoms with Crippen molar-refractivity contribution < 1.29 is 0 Å². The molecule has 0 radical (unpaired) electrons. The predicted octanol–water partition coefficient (Wildman–Crippen LogP) is 3.71. The third-order valence-corrected chi connectivity index (χ3v) is 4.86. The molecule has 0 amide bonds. The molecule has 102 valence electrons. The average molecular weight is 266 g/mol. The fraction of sp³-hybridized carbons (Fsp3) is 0.733. The van der Waals surface area contributed by atoms with Crippen LogP contribution in [0.1, 0.15) is 55.3 Å². The Morgan fingerprint density at radius 1 is 1.39 bits per heavy atom. The van der Waals surface area contributed by atoms with Gasteiger partial charge in [0.2, 0.25) is 0 Å². The maximum absolute atomic E-state index is 6.42. The van der Waals surface area contributed by atoms with Crippen LogP contribution in [0.25, 0.3) is 0 Å². The van der Waals surface area contributed by atoms with Crippen LogP contribution >= 0.6 is 11.3 Å². The van der Waals surface area contributed by atoms with Crippen molar-refractivity contribution in [3.05, 3.63) is 21.9 Å². The minimum absolute atomic E-state index is 0.259. The standard InChI is InChI=1S/C15H26N2S/c1-4-10-17(12-7-8-12)15(13(16)5-2)14-9-6-11(3)18-14/h6,9,12-13,15H,4-5,7-8,10,16H2,1-3H3. The van der Waals surface area contributed by atoms with Gasteiger partial charge in [0, 0.05) is 21.8 Å². The average Bonchev–Trinajstić information content (AvgIpc) is 3.12. The highest BCUT2D eigenvalue weighted by Crippen LogP contribution is 2.38. The summed E-state index contributed by atoms with van der Waals surface area (Å²) in [6.07, 6.45) is 4.98. The van der Waals surface area contributed by atoms with Crippen molar-refractivity contribution in [3.8, 4) is 0 Å². The van der Waals surface area contributed by atoms with Gasteiger partial charge >= 0.3 is 0 Å². The molecule has 1 fully saturated rings. The Morgan fingerprint density at radius 3 is 2.56 bits per heavy atom. The number of thiophene rings is 1. The lowest BCUT2D eigenvalue weighted by Crippen LogP contribution is -2.42. The lowest BCUT2D eigenvalue weighted by molar-refractivity contribution is 0.162. The van der Waals surface area contributed by atoms with E-state index in [1.807, 2.05) is 11.3 Å². The quantitative estimate of drug-likeness (QED) is 0.815. The minimum atomic E-state index is 0.259. The largest absolute Gasteiger partial charge is 0.326 e. The fourth-order valence-electron chi connectivity index (χ4n) is 2.67. The summed E-state index contributed by atoms with van der Waals surface area (Å²) in [5.74, 6) is 0. The molecule has 0 aromatic carbocycles. The SMILES string of the molecule is CCCN(C1CC1)C(c1ccc(C)s1)C(N)CC. The van der Waals surface area contributed by atoms with E-state index in [0.29, 0.717) is 6.04 Å². The topological polar surface area (TPSA) is 29.3 Å². The molecule has 0 saturated heterocycles. The molecule has 1 saturated carbocycles. The lowest BCUT2D eigenvalue weighted by atomic mass is 10.0. The van der Waals surface area contributed by atoms with E-state index in [2.05, 4.69) is 37.8 Å². The highest BCUT2D eigenvalue weighted by atomic mass is 32.1. The van der Waals surface area contributed by atoms with Gasteiger partial charge in [0.15, 0.2) is 0 Å². The van der Waals surface area contributed by atoms with E-state index in [0.717, 1.165) is 12.5 Å². The summed E-state index contributed by atoms with van der Waals surface area (Å²) in [5, 5.41) is 0. The molecule has 1 aliphatic carbocycles. The van der Waals surface area contributed by atoms with Gasteiger partial charge in [-0.05, 0) is 51.3 Å². The van der Waals surface area contributed by atoms with Crippen molar-refractivity contribution in [2.75, 3.05) is 6.54 Å². The molecule has 0 spiro atoms. The first-order valence-electron chi connectivity index (χ1n) is 7.25. The van der Waals surface area contributed by atoms with Gasteiger partial charge in [-0.3, -0.25) is 4.90 Å². The van der Waals surface area contributed by atoms with Crippen LogP contribution < -0.4 is 5.73 Å². The molecule has 2 N–H and O–H groups in total. The number of rotatable bonds is 7. The number of hydrogen-bond donors (Lipinski definition) is 1.